The number of carbonyl (C=O) groups excluding carboxylic acids is 1. The predicted molar refractivity (Wildman–Crippen MR) is 112 cm³/mol. The van der Waals surface area contributed by atoms with Crippen LogP contribution in [0, 0.1) is 0 Å². The summed E-state index contributed by atoms with van der Waals surface area (Å²) in [5.41, 5.74) is 0.528. The quantitative estimate of drug-likeness (QED) is 0.589. The van der Waals surface area contributed by atoms with Gasteiger partial charge >= 0.3 is 6.09 Å². The van der Waals surface area contributed by atoms with Gasteiger partial charge in [-0.25, -0.2) is 23.1 Å². The standard InChI is InChI=1S/C21H26F2N6O3/c1-21(2,3)32-20(30)28(5)13-6-14(7-13)31-19-17-15(18(22)23)9-25-29(17)11-16(26-19)12-8-24-27(4)10-12/h8-11,13-14,18H,6-7H2,1-5H3/t13-,14-. The molecule has 0 aliphatic heterocycles. The number of aromatic nitrogens is 5. The number of aryl methyl sites for hydroxylation is 1. The van der Waals surface area contributed by atoms with Crippen molar-refractivity contribution in [1.29, 1.82) is 0 Å². The number of carbonyl (C=O) groups is 1. The molecule has 3 heterocycles. The molecule has 1 aliphatic carbocycles. The summed E-state index contributed by atoms with van der Waals surface area (Å²) in [5.74, 6) is 0.0857. The third-order valence-electron chi connectivity index (χ3n) is 5.31. The summed E-state index contributed by atoms with van der Waals surface area (Å²) in [5, 5.41) is 8.20. The van der Waals surface area contributed by atoms with Gasteiger partial charge in [-0.15, -0.1) is 0 Å². The first-order valence-electron chi connectivity index (χ1n) is 10.3. The Morgan fingerprint density at radius 3 is 2.53 bits per heavy atom. The predicted octanol–water partition coefficient (Wildman–Crippen LogP) is 3.84. The Morgan fingerprint density at radius 1 is 1.22 bits per heavy atom. The molecule has 1 saturated carbocycles. The third kappa shape index (κ3) is 4.37. The van der Waals surface area contributed by atoms with Crippen LogP contribution in [0.3, 0.4) is 0 Å². The van der Waals surface area contributed by atoms with Crippen LogP contribution in [0.15, 0.2) is 24.8 Å². The first-order chi connectivity index (χ1) is 15.0. The molecule has 32 heavy (non-hydrogen) atoms. The molecule has 3 aromatic heterocycles. The lowest BCUT2D eigenvalue weighted by atomic mass is 9.88. The van der Waals surface area contributed by atoms with Crippen LogP contribution in [0.2, 0.25) is 0 Å². The van der Waals surface area contributed by atoms with E-state index in [2.05, 4.69) is 15.2 Å². The summed E-state index contributed by atoms with van der Waals surface area (Å²) in [6.07, 6.45) is 3.79. The van der Waals surface area contributed by atoms with Gasteiger partial charge in [0.15, 0.2) is 0 Å². The SMILES string of the molecule is Cn1cc(-c2cn3ncc(C(F)F)c3c(O[C@H]3C[C@H](N(C)C(=O)OC(C)(C)C)C3)n2)cn1. The monoisotopic (exact) mass is 448 g/mol. The number of amides is 1. The maximum atomic E-state index is 13.6. The smallest absolute Gasteiger partial charge is 0.410 e. The molecule has 0 radical (unpaired) electrons. The van der Waals surface area contributed by atoms with Crippen molar-refractivity contribution in [3.63, 3.8) is 0 Å². The number of fused-ring (bicyclic) bond motifs is 1. The maximum Gasteiger partial charge on any atom is 0.410 e. The Kier molecular flexibility index (Phi) is 5.51. The minimum atomic E-state index is -2.71. The molecular weight excluding hydrogens is 422 g/mol. The lowest BCUT2D eigenvalue weighted by Crippen LogP contribution is -2.51. The minimum Gasteiger partial charge on any atom is -0.473 e. The zero-order valence-corrected chi connectivity index (χ0v) is 18.6. The molecule has 172 valence electrons. The number of halogens is 2. The Balaban J connectivity index is 1.55. The van der Waals surface area contributed by atoms with Crippen LogP contribution < -0.4 is 4.74 Å². The number of ether oxygens (including phenoxy) is 2. The van der Waals surface area contributed by atoms with E-state index in [1.807, 2.05) is 20.8 Å². The van der Waals surface area contributed by atoms with Gasteiger partial charge in [0.1, 0.15) is 17.2 Å². The van der Waals surface area contributed by atoms with E-state index >= 15 is 0 Å². The number of hydrogen-bond donors (Lipinski definition) is 0. The summed E-state index contributed by atoms with van der Waals surface area (Å²) < 4.78 is 41.5. The van der Waals surface area contributed by atoms with Gasteiger partial charge in [-0.05, 0) is 20.8 Å². The molecule has 4 rings (SSSR count). The van der Waals surface area contributed by atoms with Gasteiger partial charge in [-0.3, -0.25) is 4.68 Å². The fraction of sp³-hybridized carbons (Fsp3) is 0.524. The van der Waals surface area contributed by atoms with Crippen LogP contribution in [0.4, 0.5) is 13.6 Å². The van der Waals surface area contributed by atoms with Crippen LogP contribution in [-0.2, 0) is 11.8 Å². The average Bonchev–Trinajstić information content (AvgIpc) is 3.28. The van der Waals surface area contributed by atoms with Gasteiger partial charge in [-0.2, -0.15) is 10.2 Å². The summed E-state index contributed by atoms with van der Waals surface area (Å²) in [7, 11) is 3.46. The Labute approximate surface area is 183 Å². The summed E-state index contributed by atoms with van der Waals surface area (Å²) in [6, 6.07) is -0.0631. The van der Waals surface area contributed by atoms with E-state index in [0.717, 1.165) is 6.20 Å². The second kappa shape index (κ2) is 8.03. The third-order valence-corrected chi connectivity index (χ3v) is 5.31. The highest BCUT2D eigenvalue weighted by molar-refractivity contribution is 5.69. The number of rotatable bonds is 5. The maximum absolute atomic E-state index is 13.6. The summed E-state index contributed by atoms with van der Waals surface area (Å²) in [4.78, 5) is 18.3. The summed E-state index contributed by atoms with van der Waals surface area (Å²) >= 11 is 0. The minimum absolute atomic E-state index is 0.0631. The Hall–Kier alpha value is -3.24. The van der Waals surface area contributed by atoms with Crippen molar-refractivity contribution < 1.29 is 23.0 Å². The van der Waals surface area contributed by atoms with E-state index in [1.54, 1.807) is 42.3 Å². The van der Waals surface area contributed by atoms with Crippen molar-refractivity contribution in [2.24, 2.45) is 7.05 Å². The van der Waals surface area contributed by atoms with Crippen LogP contribution in [0.1, 0.15) is 45.6 Å². The molecule has 9 nitrogen and oxygen atoms in total. The molecule has 0 unspecified atom stereocenters. The molecule has 11 heteroatoms. The van der Waals surface area contributed by atoms with Crippen molar-refractivity contribution >= 4 is 11.6 Å². The number of nitrogens with zero attached hydrogens (tertiary/aromatic N) is 6. The van der Waals surface area contributed by atoms with Crippen molar-refractivity contribution in [2.45, 2.75) is 57.8 Å². The topological polar surface area (TPSA) is 86.8 Å². The van der Waals surface area contributed by atoms with Gasteiger partial charge in [0, 0.05) is 44.7 Å². The van der Waals surface area contributed by atoms with E-state index < -0.39 is 18.1 Å². The molecule has 0 aromatic carbocycles. The molecule has 1 amide bonds. The lowest BCUT2D eigenvalue weighted by molar-refractivity contribution is -0.00942. The van der Waals surface area contributed by atoms with Crippen LogP contribution in [0.25, 0.3) is 16.8 Å². The molecule has 0 atom stereocenters. The largest absolute Gasteiger partial charge is 0.473 e. The Bertz CT molecular complexity index is 1130. The second-order valence-corrected chi connectivity index (χ2v) is 8.98. The molecule has 0 spiro atoms. The van der Waals surface area contributed by atoms with E-state index in [-0.39, 0.29) is 29.1 Å². The number of hydrogen-bond acceptors (Lipinski definition) is 6. The molecule has 0 bridgehead atoms. The zero-order valence-electron chi connectivity index (χ0n) is 18.6. The average molecular weight is 448 g/mol. The molecule has 1 aliphatic rings. The lowest BCUT2D eigenvalue weighted by Gasteiger charge is -2.40. The van der Waals surface area contributed by atoms with E-state index in [0.29, 0.717) is 24.1 Å². The van der Waals surface area contributed by atoms with Crippen molar-refractivity contribution in [2.75, 3.05) is 7.05 Å². The highest BCUT2D eigenvalue weighted by atomic mass is 19.3. The Morgan fingerprint density at radius 2 is 1.94 bits per heavy atom. The van der Waals surface area contributed by atoms with Crippen LogP contribution in [-0.4, -0.2) is 60.2 Å². The van der Waals surface area contributed by atoms with Gasteiger partial charge in [-0.1, -0.05) is 0 Å². The first-order valence-corrected chi connectivity index (χ1v) is 10.3. The van der Waals surface area contributed by atoms with Gasteiger partial charge in [0.25, 0.3) is 6.43 Å². The van der Waals surface area contributed by atoms with Gasteiger partial charge < -0.3 is 14.4 Å². The number of alkyl halides is 2. The van der Waals surface area contributed by atoms with Crippen LogP contribution >= 0.6 is 0 Å². The van der Waals surface area contributed by atoms with E-state index in [9.17, 15) is 13.6 Å². The highest BCUT2D eigenvalue weighted by Gasteiger charge is 2.38. The van der Waals surface area contributed by atoms with E-state index in [4.69, 9.17) is 9.47 Å². The molecule has 3 aromatic rings. The second-order valence-electron chi connectivity index (χ2n) is 8.98. The van der Waals surface area contributed by atoms with Crippen molar-refractivity contribution in [1.82, 2.24) is 29.3 Å². The zero-order chi connectivity index (χ0) is 23.2. The summed E-state index contributed by atoms with van der Waals surface area (Å²) in [6.45, 7) is 5.43. The molecule has 0 N–H and O–H groups in total. The van der Waals surface area contributed by atoms with Gasteiger partial charge in [0.05, 0.1) is 29.8 Å². The van der Waals surface area contributed by atoms with Crippen molar-refractivity contribution in [3.05, 3.63) is 30.4 Å². The van der Waals surface area contributed by atoms with E-state index in [1.165, 1.54) is 4.52 Å². The fourth-order valence-electron chi connectivity index (χ4n) is 3.53. The highest BCUT2D eigenvalue weighted by Crippen LogP contribution is 2.35. The van der Waals surface area contributed by atoms with Crippen molar-refractivity contribution in [3.8, 4) is 17.1 Å². The molecule has 0 saturated heterocycles. The van der Waals surface area contributed by atoms with Crippen LogP contribution in [0.5, 0.6) is 5.88 Å². The normalized spacial score (nSPS) is 18.6. The first kappa shape index (κ1) is 22.0. The molecule has 1 fully saturated rings. The van der Waals surface area contributed by atoms with Gasteiger partial charge in [0.2, 0.25) is 5.88 Å². The molecular formula is C21H26F2N6O3. The fourth-order valence-corrected chi connectivity index (χ4v) is 3.53.